The van der Waals surface area contributed by atoms with E-state index in [1.54, 1.807) is 0 Å². The summed E-state index contributed by atoms with van der Waals surface area (Å²) in [6.07, 6.45) is 0.641. The molecule has 0 amide bonds. The van der Waals surface area contributed by atoms with E-state index < -0.39 is 0 Å². The highest BCUT2D eigenvalue weighted by Crippen LogP contribution is 2.59. The molecule has 0 aromatic carbocycles. The first kappa shape index (κ1) is 8.52. The molecule has 2 rings (SSSR count). The zero-order valence-electron chi connectivity index (χ0n) is 8.39. The topological polar surface area (TPSA) is 18.5 Å². The fourth-order valence-corrected chi connectivity index (χ4v) is 2.34. The van der Waals surface area contributed by atoms with Crippen LogP contribution in [0.2, 0.25) is 0 Å². The number of rotatable bonds is 0. The van der Waals surface area contributed by atoms with Gasteiger partial charge in [-0.3, -0.25) is 0 Å². The van der Waals surface area contributed by atoms with Crippen molar-refractivity contribution in [3.63, 3.8) is 0 Å². The molecule has 0 spiro atoms. The first-order chi connectivity index (χ1) is 5.48. The summed E-state index contributed by atoms with van der Waals surface area (Å²) in [4.78, 5) is 0. The van der Waals surface area contributed by atoms with Crippen molar-refractivity contribution >= 4 is 0 Å². The van der Waals surface area contributed by atoms with Gasteiger partial charge in [0.2, 0.25) is 0 Å². The van der Waals surface area contributed by atoms with E-state index >= 15 is 0 Å². The van der Waals surface area contributed by atoms with Crippen LogP contribution < -0.4 is 0 Å². The molecule has 1 saturated heterocycles. The summed E-state index contributed by atoms with van der Waals surface area (Å²) in [5, 5.41) is 0. The Kier molecular flexibility index (Phi) is 1.59. The Morgan fingerprint density at radius 1 is 0.833 bits per heavy atom. The molecule has 1 heterocycles. The molecule has 2 fully saturated rings. The third kappa shape index (κ3) is 0.775. The van der Waals surface area contributed by atoms with Gasteiger partial charge in [-0.25, -0.2) is 0 Å². The first-order valence-corrected chi connectivity index (χ1v) is 4.71. The van der Waals surface area contributed by atoms with Crippen LogP contribution in [0.4, 0.5) is 0 Å². The van der Waals surface area contributed by atoms with Gasteiger partial charge in [-0.05, 0) is 0 Å². The van der Waals surface area contributed by atoms with Gasteiger partial charge >= 0.3 is 0 Å². The van der Waals surface area contributed by atoms with Crippen molar-refractivity contribution in [3.8, 4) is 0 Å². The third-order valence-corrected chi connectivity index (χ3v) is 4.04. The predicted octanol–water partition coefficient (Wildman–Crippen LogP) is 1.84. The SMILES string of the molecule is CC1(C)C2OCCOC2C1(C)C. The number of hydrogen-bond acceptors (Lipinski definition) is 2. The van der Waals surface area contributed by atoms with Crippen LogP contribution in [0.15, 0.2) is 0 Å². The van der Waals surface area contributed by atoms with Gasteiger partial charge in [-0.15, -0.1) is 0 Å². The summed E-state index contributed by atoms with van der Waals surface area (Å²) < 4.78 is 11.4. The van der Waals surface area contributed by atoms with Crippen LogP contribution in [-0.2, 0) is 9.47 Å². The van der Waals surface area contributed by atoms with Crippen molar-refractivity contribution in [3.05, 3.63) is 0 Å². The second-order valence-electron chi connectivity index (χ2n) is 5.03. The van der Waals surface area contributed by atoms with Crippen LogP contribution in [-0.4, -0.2) is 25.4 Å². The molecule has 0 aromatic rings. The largest absolute Gasteiger partial charge is 0.373 e. The van der Waals surface area contributed by atoms with Gasteiger partial charge in [0, 0.05) is 10.8 Å². The maximum atomic E-state index is 5.70. The molecule has 1 saturated carbocycles. The average Bonchev–Trinajstić information content (AvgIpc) is 2.04. The summed E-state index contributed by atoms with van der Waals surface area (Å²) in [5.41, 5.74) is 0.524. The van der Waals surface area contributed by atoms with E-state index in [0.717, 1.165) is 13.2 Å². The summed E-state index contributed by atoms with van der Waals surface area (Å²) in [7, 11) is 0. The van der Waals surface area contributed by atoms with Gasteiger partial charge in [-0.2, -0.15) is 0 Å². The lowest BCUT2D eigenvalue weighted by atomic mass is 9.48. The second-order valence-corrected chi connectivity index (χ2v) is 5.03. The maximum Gasteiger partial charge on any atom is 0.0900 e. The molecule has 0 radical (unpaired) electrons. The third-order valence-electron chi connectivity index (χ3n) is 4.04. The van der Waals surface area contributed by atoms with Gasteiger partial charge in [-0.1, -0.05) is 27.7 Å². The molecule has 2 heteroatoms. The molecule has 12 heavy (non-hydrogen) atoms. The van der Waals surface area contributed by atoms with Crippen LogP contribution in [0.25, 0.3) is 0 Å². The number of hydrogen-bond donors (Lipinski definition) is 0. The van der Waals surface area contributed by atoms with Crippen molar-refractivity contribution in [2.75, 3.05) is 13.2 Å². The summed E-state index contributed by atoms with van der Waals surface area (Å²) >= 11 is 0. The Morgan fingerprint density at radius 2 is 1.17 bits per heavy atom. The lowest BCUT2D eigenvalue weighted by Crippen LogP contribution is -2.71. The zero-order chi connectivity index (χ0) is 8.98. The van der Waals surface area contributed by atoms with Crippen LogP contribution >= 0.6 is 0 Å². The first-order valence-electron chi connectivity index (χ1n) is 4.71. The average molecular weight is 170 g/mol. The van der Waals surface area contributed by atoms with E-state index in [9.17, 15) is 0 Å². The monoisotopic (exact) mass is 170 g/mol. The van der Waals surface area contributed by atoms with Crippen LogP contribution in [0.5, 0.6) is 0 Å². The quantitative estimate of drug-likeness (QED) is 0.552. The Balaban J connectivity index is 2.20. The van der Waals surface area contributed by atoms with Crippen molar-refractivity contribution in [2.45, 2.75) is 39.9 Å². The highest BCUT2D eigenvalue weighted by atomic mass is 16.6. The second kappa shape index (κ2) is 2.24. The zero-order valence-corrected chi connectivity index (χ0v) is 8.39. The van der Waals surface area contributed by atoms with E-state index in [4.69, 9.17) is 9.47 Å². The summed E-state index contributed by atoms with van der Waals surface area (Å²) in [6.45, 7) is 10.6. The molecule has 0 aromatic heterocycles. The van der Waals surface area contributed by atoms with E-state index in [2.05, 4.69) is 27.7 Å². The summed E-state index contributed by atoms with van der Waals surface area (Å²) in [6, 6.07) is 0. The predicted molar refractivity (Wildman–Crippen MR) is 47.0 cm³/mol. The number of fused-ring (bicyclic) bond motifs is 1. The standard InChI is InChI=1S/C10H18O2/c1-9(2)7-8(10(9,3)4)12-6-5-11-7/h7-8H,5-6H2,1-4H3. The minimum absolute atomic E-state index is 0.262. The molecule has 0 bridgehead atoms. The molecule has 2 aliphatic rings. The Labute approximate surface area is 74.2 Å². The Morgan fingerprint density at radius 3 is 1.50 bits per heavy atom. The lowest BCUT2D eigenvalue weighted by molar-refractivity contribution is -0.316. The summed E-state index contributed by atoms with van der Waals surface area (Å²) in [5.74, 6) is 0. The van der Waals surface area contributed by atoms with Gasteiger partial charge in [0.05, 0.1) is 25.4 Å². The molecule has 2 unspecified atom stereocenters. The van der Waals surface area contributed by atoms with Crippen LogP contribution in [0, 0.1) is 10.8 Å². The highest BCUT2D eigenvalue weighted by Gasteiger charge is 2.64. The van der Waals surface area contributed by atoms with Crippen LogP contribution in [0.1, 0.15) is 27.7 Å². The van der Waals surface area contributed by atoms with Crippen molar-refractivity contribution in [1.82, 2.24) is 0 Å². The molecule has 2 atom stereocenters. The van der Waals surface area contributed by atoms with Crippen LogP contribution in [0.3, 0.4) is 0 Å². The fourth-order valence-electron chi connectivity index (χ4n) is 2.34. The molecule has 70 valence electrons. The Hall–Kier alpha value is -0.0800. The fraction of sp³-hybridized carbons (Fsp3) is 1.00. The van der Waals surface area contributed by atoms with Crippen molar-refractivity contribution in [2.24, 2.45) is 10.8 Å². The van der Waals surface area contributed by atoms with E-state index in [1.807, 2.05) is 0 Å². The lowest BCUT2D eigenvalue weighted by Gasteiger charge is -2.64. The van der Waals surface area contributed by atoms with Gasteiger partial charge in [0.25, 0.3) is 0 Å². The molecule has 2 nitrogen and oxygen atoms in total. The smallest absolute Gasteiger partial charge is 0.0900 e. The normalized spacial score (nSPS) is 43.0. The molecular formula is C10H18O2. The minimum atomic E-state index is 0.262. The van der Waals surface area contributed by atoms with Gasteiger partial charge < -0.3 is 9.47 Å². The Bertz CT molecular complexity index is 174. The van der Waals surface area contributed by atoms with E-state index in [0.29, 0.717) is 12.2 Å². The highest BCUT2D eigenvalue weighted by molar-refractivity contribution is 5.12. The maximum absolute atomic E-state index is 5.70. The number of ether oxygens (including phenoxy) is 2. The molecule has 1 aliphatic carbocycles. The molecular weight excluding hydrogens is 152 g/mol. The van der Waals surface area contributed by atoms with E-state index in [1.165, 1.54) is 0 Å². The molecule has 0 N–H and O–H groups in total. The minimum Gasteiger partial charge on any atom is -0.373 e. The van der Waals surface area contributed by atoms with Crippen molar-refractivity contribution in [1.29, 1.82) is 0 Å². The molecule has 1 aliphatic heterocycles. The van der Waals surface area contributed by atoms with Gasteiger partial charge in [0.1, 0.15) is 0 Å². The van der Waals surface area contributed by atoms with Crippen molar-refractivity contribution < 1.29 is 9.47 Å². The van der Waals surface area contributed by atoms with E-state index in [-0.39, 0.29) is 10.8 Å². The van der Waals surface area contributed by atoms with Gasteiger partial charge in [0.15, 0.2) is 0 Å².